The first-order valence-corrected chi connectivity index (χ1v) is 7.26. The van der Waals surface area contributed by atoms with E-state index in [0.29, 0.717) is 0 Å². The molecule has 0 radical (unpaired) electrons. The van der Waals surface area contributed by atoms with Gasteiger partial charge in [0.25, 0.3) is 0 Å². The summed E-state index contributed by atoms with van der Waals surface area (Å²) in [5.74, 6) is 2.59. The Morgan fingerprint density at radius 3 is 3.24 bits per heavy atom. The highest BCUT2D eigenvalue weighted by atomic mass is 32.2. The fourth-order valence-electron chi connectivity index (χ4n) is 2.02. The summed E-state index contributed by atoms with van der Waals surface area (Å²) in [5, 5.41) is 11.3. The van der Waals surface area contributed by atoms with Crippen LogP contribution in [-0.2, 0) is 13.1 Å². The van der Waals surface area contributed by atoms with E-state index in [1.165, 1.54) is 17.9 Å². The second-order valence-electron chi connectivity index (χ2n) is 4.50. The maximum atomic E-state index is 4.13. The Morgan fingerprint density at radius 1 is 1.65 bits per heavy atom. The Morgan fingerprint density at radius 2 is 2.53 bits per heavy atom. The van der Waals surface area contributed by atoms with Gasteiger partial charge in [0, 0.05) is 31.1 Å². The van der Waals surface area contributed by atoms with Crippen molar-refractivity contribution < 1.29 is 0 Å². The highest BCUT2D eigenvalue weighted by Gasteiger charge is 2.19. The summed E-state index contributed by atoms with van der Waals surface area (Å²) in [6.45, 7) is 2.76. The van der Waals surface area contributed by atoms with Crippen molar-refractivity contribution in [3.8, 4) is 0 Å². The van der Waals surface area contributed by atoms with Crippen molar-refractivity contribution in [3.63, 3.8) is 0 Å². The molecule has 1 aromatic rings. The van der Waals surface area contributed by atoms with Crippen LogP contribution in [0.3, 0.4) is 0 Å². The van der Waals surface area contributed by atoms with E-state index in [4.69, 9.17) is 0 Å². The summed E-state index contributed by atoms with van der Waals surface area (Å²) < 4.78 is 1.94. The van der Waals surface area contributed by atoms with Crippen LogP contribution in [0.15, 0.2) is 6.20 Å². The fourth-order valence-corrected chi connectivity index (χ4v) is 3.32. The first-order chi connectivity index (χ1) is 8.29. The molecule has 0 spiro atoms. The number of nitrogens with one attached hydrogen (secondary N) is 1. The van der Waals surface area contributed by atoms with Gasteiger partial charge < -0.3 is 10.2 Å². The molecule has 0 bridgehead atoms. The quantitative estimate of drug-likeness (QED) is 0.799. The largest absolute Gasteiger partial charge is 0.314 e. The zero-order chi connectivity index (χ0) is 12.1. The van der Waals surface area contributed by atoms with Crippen LogP contribution in [0.1, 0.15) is 12.1 Å². The predicted molar refractivity (Wildman–Crippen MR) is 71.1 cm³/mol. The molecule has 1 unspecified atom stereocenters. The number of thioether (sulfide) groups is 1. The zero-order valence-corrected chi connectivity index (χ0v) is 11.4. The molecular formula is C11H21N5S. The highest BCUT2D eigenvalue weighted by molar-refractivity contribution is 7.99. The van der Waals surface area contributed by atoms with Crippen LogP contribution < -0.4 is 5.32 Å². The number of hydrogen-bond acceptors (Lipinski definition) is 5. The van der Waals surface area contributed by atoms with Gasteiger partial charge in [0.15, 0.2) is 0 Å². The van der Waals surface area contributed by atoms with Crippen molar-refractivity contribution in [1.29, 1.82) is 0 Å². The van der Waals surface area contributed by atoms with Crippen molar-refractivity contribution in [1.82, 2.24) is 25.2 Å². The molecule has 0 aromatic carbocycles. The third kappa shape index (κ3) is 3.69. The third-order valence-corrected chi connectivity index (χ3v) is 4.30. The van der Waals surface area contributed by atoms with E-state index in [2.05, 4.69) is 39.3 Å². The average molecular weight is 255 g/mol. The number of nitrogens with zero attached hydrogens (tertiary/aromatic N) is 4. The van der Waals surface area contributed by atoms with Crippen LogP contribution in [0.4, 0.5) is 0 Å². The SMILES string of the molecule is CNCc1cn(CCN(C)C2CCSC2)nn1. The molecule has 2 rings (SSSR count). The Labute approximate surface area is 107 Å². The van der Waals surface area contributed by atoms with Gasteiger partial charge in [0.05, 0.1) is 12.2 Å². The van der Waals surface area contributed by atoms with Crippen molar-refractivity contribution in [2.75, 3.05) is 32.1 Å². The number of rotatable bonds is 6. The molecule has 2 heterocycles. The van der Waals surface area contributed by atoms with Gasteiger partial charge in [0.2, 0.25) is 0 Å². The second kappa shape index (κ2) is 6.37. The normalized spacial score (nSPS) is 20.3. The van der Waals surface area contributed by atoms with E-state index in [-0.39, 0.29) is 0 Å². The van der Waals surface area contributed by atoms with Crippen molar-refractivity contribution in [2.45, 2.75) is 25.6 Å². The van der Waals surface area contributed by atoms with Crippen LogP contribution >= 0.6 is 11.8 Å². The van der Waals surface area contributed by atoms with E-state index in [1.807, 2.05) is 17.9 Å². The molecule has 0 aliphatic carbocycles. The lowest BCUT2D eigenvalue weighted by Gasteiger charge is -2.22. The minimum atomic E-state index is 0.750. The summed E-state index contributed by atoms with van der Waals surface area (Å²) in [4.78, 5) is 2.44. The lowest BCUT2D eigenvalue weighted by molar-refractivity contribution is 0.248. The third-order valence-electron chi connectivity index (χ3n) is 3.15. The Kier molecular flexibility index (Phi) is 4.82. The molecule has 0 amide bonds. The first-order valence-electron chi connectivity index (χ1n) is 6.11. The Bertz CT molecular complexity index is 334. The molecule has 1 aromatic heterocycles. The molecule has 1 atom stereocenters. The molecule has 5 nitrogen and oxygen atoms in total. The Hall–Kier alpha value is -0.590. The highest BCUT2D eigenvalue weighted by Crippen LogP contribution is 2.20. The summed E-state index contributed by atoms with van der Waals surface area (Å²) in [6.07, 6.45) is 3.34. The van der Waals surface area contributed by atoms with Crippen LogP contribution in [0.25, 0.3) is 0 Å². The zero-order valence-electron chi connectivity index (χ0n) is 10.6. The standard InChI is InChI=1S/C11H21N5S/c1-12-7-10-8-16(14-13-10)5-4-15(2)11-3-6-17-9-11/h8,11-12H,3-7,9H2,1-2H3. The van der Waals surface area contributed by atoms with Crippen LogP contribution in [-0.4, -0.2) is 58.1 Å². The van der Waals surface area contributed by atoms with E-state index in [1.54, 1.807) is 0 Å². The van der Waals surface area contributed by atoms with Crippen molar-refractivity contribution >= 4 is 11.8 Å². The van der Waals surface area contributed by atoms with Gasteiger partial charge in [-0.2, -0.15) is 11.8 Å². The average Bonchev–Trinajstić information content (AvgIpc) is 2.97. The molecular weight excluding hydrogens is 234 g/mol. The van der Waals surface area contributed by atoms with Crippen molar-refractivity contribution in [2.24, 2.45) is 0 Å². The van der Waals surface area contributed by atoms with Gasteiger partial charge in [-0.05, 0) is 26.3 Å². The lowest BCUT2D eigenvalue weighted by atomic mass is 10.2. The lowest BCUT2D eigenvalue weighted by Crippen LogP contribution is -2.34. The molecule has 1 fully saturated rings. The molecule has 0 saturated carbocycles. The van der Waals surface area contributed by atoms with Crippen LogP contribution in [0, 0.1) is 0 Å². The number of aromatic nitrogens is 3. The maximum absolute atomic E-state index is 4.13. The molecule has 1 N–H and O–H groups in total. The Balaban J connectivity index is 1.76. The first kappa shape index (κ1) is 12.9. The number of hydrogen-bond donors (Lipinski definition) is 1. The second-order valence-corrected chi connectivity index (χ2v) is 5.65. The van der Waals surface area contributed by atoms with E-state index >= 15 is 0 Å². The summed E-state index contributed by atoms with van der Waals surface area (Å²) >= 11 is 2.06. The predicted octanol–water partition coefficient (Wildman–Crippen LogP) is 0.435. The minimum Gasteiger partial charge on any atom is -0.314 e. The molecule has 17 heavy (non-hydrogen) atoms. The molecule has 1 saturated heterocycles. The van der Waals surface area contributed by atoms with Crippen molar-refractivity contribution in [3.05, 3.63) is 11.9 Å². The molecule has 96 valence electrons. The molecule has 6 heteroatoms. The van der Waals surface area contributed by atoms with Gasteiger partial charge in [0.1, 0.15) is 0 Å². The van der Waals surface area contributed by atoms with Gasteiger partial charge in [-0.1, -0.05) is 5.21 Å². The number of likely N-dealkylation sites (N-methyl/N-ethyl adjacent to an activating group) is 1. The van der Waals surface area contributed by atoms with Gasteiger partial charge in [-0.3, -0.25) is 4.68 Å². The minimum absolute atomic E-state index is 0.750. The summed E-state index contributed by atoms with van der Waals surface area (Å²) in [6, 6.07) is 0.750. The van der Waals surface area contributed by atoms with E-state index in [9.17, 15) is 0 Å². The van der Waals surface area contributed by atoms with Gasteiger partial charge in [-0.25, -0.2) is 0 Å². The molecule has 1 aliphatic rings. The smallest absolute Gasteiger partial charge is 0.0964 e. The van der Waals surface area contributed by atoms with Crippen LogP contribution in [0.5, 0.6) is 0 Å². The monoisotopic (exact) mass is 255 g/mol. The van der Waals surface area contributed by atoms with Crippen LogP contribution in [0.2, 0.25) is 0 Å². The fraction of sp³-hybridized carbons (Fsp3) is 0.818. The van der Waals surface area contributed by atoms with E-state index in [0.717, 1.165) is 31.4 Å². The van der Waals surface area contributed by atoms with Gasteiger partial charge >= 0.3 is 0 Å². The maximum Gasteiger partial charge on any atom is 0.0964 e. The summed E-state index contributed by atoms with van der Waals surface area (Å²) in [5.41, 5.74) is 1.01. The van der Waals surface area contributed by atoms with E-state index < -0.39 is 0 Å². The topological polar surface area (TPSA) is 46.0 Å². The summed E-state index contributed by atoms with van der Waals surface area (Å²) in [7, 11) is 4.13. The molecule has 1 aliphatic heterocycles. The van der Waals surface area contributed by atoms with Gasteiger partial charge in [-0.15, -0.1) is 5.10 Å².